The van der Waals surface area contributed by atoms with E-state index < -0.39 is 20.8 Å². The van der Waals surface area contributed by atoms with Crippen LogP contribution in [0.2, 0.25) is 0 Å². The fraction of sp³-hybridized carbons (Fsp3) is 0.368. The van der Waals surface area contributed by atoms with Gasteiger partial charge in [-0.15, -0.1) is 5.75 Å². The summed E-state index contributed by atoms with van der Waals surface area (Å²) in [6.45, 7) is 2.14. The van der Waals surface area contributed by atoms with Crippen LogP contribution in [0.25, 0.3) is 0 Å². The average molecular weight is 386 g/mol. The maximum Gasteiger partial charge on any atom is 1.00 e. The Morgan fingerprint density at radius 2 is 1.69 bits per heavy atom. The summed E-state index contributed by atoms with van der Waals surface area (Å²) in [6.07, 6.45) is 5.84. The molecule has 1 N–H and O–H groups in total. The van der Waals surface area contributed by atoms with Gasteiger partial charge in [0.2, 0.25) is 0 Å². The molecule has 0 heterocycles. The Morgan fingerprint density at radius 3 is 2.31 bits per heavy atom. The van der Waals surface area contributed by atoms with Crippen LogP contribution < -0.4 is 39.4 Å². The molecule has 0 atom stereocenters. The van der Waals surface area contributed by atoms with E-state index in [1.54, 1.807) is 30.3 Å². The Balaban J connectivity index is 0.00000338. The van der Waals surface area contributed by atoms with Crippen LogP contribution >= 0.6 is 0 Å². The van der Waals surface area contributed by atoms with Crippen molar-refractivity contribution in [2.75, 3.05) is 0 Å². The minimum absolute atomic E-state index is 0. The number of unbranched alkanes of at least 4 members (excludes halogenated alkanes) is 4. The van der Waals surface area contributed by atoms with Crippen molar-refractivity contribution in [3.63, 3.8) is 0 Å². The Hall–Kier alpha value is -1.05. The average Bonchev–Trinajstić information content (AvgIpc) is 2.57. The third-order valence-electron chi connectivity index (χ3n) is 3.93. The minimum Gasteiger partial charge on any atom is -0.872 e. The number of para-hydroxylation sites is 1. The van der Waals surface area contributed by atoms with Crippen LogP contribution in [0.3, 0.4) is 0 Å². The van der Waals surface area contributed by atoms with Crippen LogP contribution in [-0.4, -0.2) is 13.0 Å². The van der Waals surface area contributed by atoms with Crippen molar-refractivity contribution < 1.29 is 52.4 Å². The van der Waals surface area contributed by atoms with Crippen molar-refractivity contribution in [3.8, 4) is 17.2 Å². The molecule has 0 aromatic heterocycles. The number of hydrogen-bond donors (Lipinski definition) is 1. The molecule has 0 spiro atoms. The molecule has 2 aromatic carbocycles. The maximum atomic E-state index is 12.2. The van der Waals surface area contributed by atoms with Gasteiger partial charge in [-0.1, -0.05) is 56.4 Å². The van der Waals surface area contributed by atoms with Crippen molar-refractivity contribution in [2.45, 2.75) is 50.3 Å². The van der Waals surface area contributed by atoms with Crippen LogP contribution in [0, 0.1) is 0 Å². The molecule has 136 valence electrons. The van der Waals surface area contributed by atoms with Crippen LogP contribution in [0.5, 0.6) is 17.2 Å². The molecule has 0 saturated heterocycles. The van der Waals surface area contributed by atoms with Gasteiger partial charge in [-0.05, 0) is 37.1 Å². The molecule has 26 heavy (non-hydrogen) atoms. The molecule has 0 radical (unpaired) electrons. The van der Waals surface area contributed by atoms with E-state index in [9.17, 15) is 18.1 Å². The summed E-state index contributed by atoms with van der Waals surface area (Å²) in [5.41, 5.74) is 0.495. The van der Waals surface area contributed by atoms with Gasteiger partial charge in [0.05, 0.1) is 0 Å². The molecule has 0 aliphatic heterocycles. The first-order chi connectivity index (χ1) is 11.9. The van der Waals surface area contributed by atoms with E-state index >= 15 is 0 Å². The SMILES string of the molecule is CCCCCCCc1cc(Oc2ccccc2)c(S(=O)(=O)O)cc1[O-].[Na+]. The molecule has 0 bridgehead atoms. The zero-order valence-electron chi connectivity index (χ0n) is 15.3. The zero-order valence-corrected chi connectivity index (χ0v) is 18.1. The van der Waals surface area contributed by atoms with Crippen molar-refractivity contribution in [1.82, 2.24) is 0 Å². The van der Waals surface area contributed by atoms with E-state index in [2.05, 4.69) is 6.92 Å². The molecule has 0 unspecified atom stereocenters. The summed E-state index contributed by atoms with van der Waals surface area (Å²) >= 11 is 0. The minimum atomic E-state index is -4.55. The molecule has 0 saturated carbocycles. The van der Waals surface area contributed by atoms with Crippen LogP contribution in [0.15, 0.2) is 47.4 Å². The topological polar surface area (TPSA) is 86.7 Å². The van der Waals surface area contributed by atoms with E-state index in [1.807, 2.05) is 0 Å². The van der Waals surface area contributed by atoms with Crippen molar-refractivity contribution in [3.05, 3.63) is 48.0 Å². The van der Waals surface area contributed by atoms with Gasteiger partial charge in [0.25, 0.3) is 10.1 Å². The fourth-order valence-electron chi connectivity index (χ4n) is 2.59. The summed E-state index contributed by atoms with van der Waals surface area (Å²) in [6, 6.07) is 11.0. The molecule has 2 rings (SSSR count). The molecule has 7 heteroatoms. The zero-order chi connectivity index (χ0) is 18.3. The van der Waals surface area contributed by atoms with Gasteiger partial charge in [-0.2, -0.15) is 8.42 Å². The van der Waals surface area contributed by atoms with Gasteiger partial charge in [0.1, 0.15) is 16.4 Å². The van der Waals surface area contributed by atoms with E-state index in [1.165, 1.54) is 6.07 Å². The summed E-state index contributed by atoms with van der Waals surface area (Å²) < 4.78 is 38.1. The number of rotatable bonds is 9. The third-order valence-corrected chi connectivity index (χ3v) is 4.80. The number of ether oxygens (including phenoxy) is 1. The van der Waals surface area contributed by atoms with E-state index in [0.717, 1.165) is 38.2 Å². The van der Waals surface area contributed by atoms with E-state index in [-0.39, 0.29) is 35.3 Å². The van der Waals surface area contributed by atoms with Gasteiger partial charge in [-0.25, -0.2) is 0 Å². The Morgan fingerprint density at radius 1 is 1.04 bits per heavy atom. The van der Waals surface area contributed by atoms with E-state index in [4.69, 9.17) is 4.74 Å². The predicted octanol–water partition coefficient (Wildman–Crippen LogP) is 1.32. The largest absolute Gasteiger partial charge is 1.00 e. The van der Waals surface area contributed by atoms with Crippen LogP contribution in [0.4, 0.5) is 0 Å². The van der Waals surface area contributed by atoms with E-state index in [0.29, 0.717) is 17.7 Å². The Labute approximate surface area is 177 Å². The quantitative estimate of drug-likeness (QED) is 0.399. The van der Waals surface area contributed by atoms with Gasteiger partial charge < -0.3 is 9.84 Å². The molecule has 0 aliphatic carbocycles. The van der Waals surface area contributed by atoms with Crippen molar-refractivity contribution >= 4 is 10.1 Å². The smallest absolute Gasteiger partial charge is 0.872 e. The summed E-state index contributed by atoms with van der Waals surface area (Å²) in [5, 5.41) is 12.2. The number of aryl methyl sites for hydroxylation is 1. The van der Waals surface area contributed by atoms with Gasteiger partial charge in [0, 0.05) is 0 Å². The monoisotopic (exact) mass is 386 g/mol. The fourth-order valence-corrected chi connectivity index (χ4v) is 3.21. The molecule has 5 nitrogen and oxygen atoms in total. The first kappa shape index (κ1) is 23.0. The summed E-state index contributed by atoms with van der Waals surface area (Å²) in [5.74, 6) is 0.000307. The first-order valence-corrected chi connectivity index (χ1v) is 9.90. The molecule has 2 aromatic rings. The second kappa shape index (κ2) is 10.9. The molecule has 0 fully saturated rings. The van der Waals surface area contributed by atoms with Crippen molar-refractivity contribution in [1.29, 1.82) is 0 Å². The predicted molar refractivity (Wildman–Crippen MR) is 94.7 cm³/mol. The molecular weight excluding hydrogens is 363 g/mol. The van der Waals surface area contributed by atoms with Gasteiger partial charge >= 0.3 is 29.6 Å². The van der Waals surface area contributed by atoms with Gasteiger partial charge in [0.15, 0.2) is 0 Å². The first-order valence-electron chi connectivity index (χ1n) is 8.46. The molecule has 0 amide bonds. The number of hydrogen-bond acceptors (Lipinski definition) is 4. The van der Waals surface area contributed by atoms with Gasteiger partial charge in [-0.3, -0.25) is 4.55 Å². The molecular formula is C19H23NaO5S. The van der Waals surface area contributed by atoms with Crippen LogP contribution in [0.1, 0.15) is 44.6 Å². The molecule has 0 aliphatic rings. The maximum absolute atomic E-state index is 12.2. The number of benzene rings is 2. The third kappa shape index (κ3) is 6.93. The van der Waals surface area contributed by atoms with Crippen molar-refractivity contribution in [2.24, 2.45) is 0 Å². The second-order valence-electron chi connectivity index (χ2n) is 5.96. The second-order valence-corrected chi connectivity index (χ2v) is 7.35. The standard InChI is InChI=1S/C19H24O5S.Na/c1-2-3-4-5-7-10-15-13-18(24-16-11-8-6-9-12-16)19(14-17(15)20)25(21,22)23;/h6,8-9,11-14,20H,2-5,7,10H2,1H3,(H,21,22,23);/q;+1/p-1. The summed E-state index contributed by atoms with van der Waals surface area (Å²) in [4.78, 5) is -0.504. The Bertz CT molecular complexity index is 791. The Kier molecular flexibility index (Phi) is 9.68. The normalized spacial score (nSPS) is 11.0. The summed E-state index contributed by atoms with van der Waals surface area (Å²) in [7, 11) is -4.55. The van der Waals surface area contributed by atoms with Crippen LogP contribution in [-0.2, 0) is 16.5 Å².